The highest BCUT2D eigenvalue weighted by Gasteiger charge is 2.34. The standard InChI is InChI=1S/C19H19ClF3NO3S/c1-3-6-14-11(4-2)9-15(28-14)18(26)27-10-16(25)24-17-12(19(21,22)23)7-5-8-13(17)20/h5,7-9H,3-4,6,10H2,1-2H3,(H,24,25). The molecule has 0 fully saturated rings. The van der Waals surface area contributed by atoms with Gasteiger partial charge in [-0.2, -0.15) is 13.2 Å². The van der Waals surface area contributed by atoms with Crippen molar-refractivity contribution in [3.63, 3.8) is 0 Å². The molecule has 0 aliphatic rings. The third-order valence-electron chi connectivity index (χ3n) is 3.87. The monoisotopic (exact) mass is 433 g/mol. The molecule has 1 heterocycles. The normalized spacial score (nSPS) is 11.4. The highest BCUT2D eigenvalue weighted by atomic mass is 35.5. The molecule has 4 nitrogen and oxygen atoms in total. The zero-order valence-corrected chi connectivity index (χ0v) is 16.9. The minimum atomic E-state index is -4.69. The number of hydrogen-bond donors (Lipinski definition) is 1. The number of carbonyl (C=O) groups excluding carboxylic acids is 2. The first-order valence-electron chi connectivity index (χ1n) is 8.61. The van der Waals surface area contributed by atoms with Crippen molar-refractivity contribution in [3.8, 4) is 0 Å². The Hall–Kier alpha value is -2.06. The van der Waals surface area contributed by atoms with E-state index < -0.39 is 35.9 Å². The van der Waals surface area contributed by atoms with Crippen LogP contribution >= 0.6 is 22.9 Å². The average molecular weight is 434 g/mol. The number of ether oxygens (including phenoxy) is 1. The minimum Gasteiger partial charge on any atom is -0.451 e. The minimum absolute atomic E-state index is 0.260. The summed E-state index contributed by atoms with van der Waals surface area (Å²) in [7, 11) is 0. The van der Waals surface area contributed by atoms with Gasteiger partial charge < -0.3 is 10.1 Å². The van der Waals surface area contributed by atoms with Gasteiger partial charge in [0.1, 0.15) is 4.88 Å². The molecule has 1 aromatic carbocycles. The zero-order valence-electron chi connectivity index (χ0n) is 15.3. The lowest BCUT2D eigenvalue weighted by Gasteiger charge is -2.15. The summed E-state index contributed by atoms with van der Waals surface area (Å²) in [5.41, 5.74) is -0.587. The summed E-state index contributed by atoms with van der Waals surface area (Å²) in [4.78, 5) is 25.6. The highest BCUT2D eigenvalue weighted by Crippen LogP contribution is 2.38. The van der Waals surface area contributed by atoms with Gasteiger partial charge in [-0.3, -0.25) is 4.79 Å². The summed E-state index contributed by atoms with van der Waals surface area (Å²) < 4.78 is 44.1. The fourth-order valence-corrected chi connectivity index (χ4v) is 4.04. The summed E-state index contributed by atoms with van der Waals surface area (Å²) in [6.45, 7) is 3.29. The molecule has 28 heavy (non-hydrogen) atoms. The van der Waals surface area contributed by atoms with Gasteiger partial charge in [0.15, 0.2) is 6.61 Å². The van der Waals surface area contributed by atoms with Gasteiger partial charge in [-0.15, -0.1) is 11.3 Å². The number of nitrogens with one attached hydrogen (secondary N) is 1. The Labute approximate surface area is 169 Å². The van der Waals surface area contributed by atoms with E-state index >= 15 is 0 Å². The van der Waals surface area contributed by atoms with Gasteiger partial charge in [0, 0.05) is 4.88 Å². The van der Waals surface area contributed by atoms with Crippen molar-refractivity contribution in [3.05, 3.63) is 50.2 Å². The number of alkyl halides is 3. The Bertz CT molecular complexity index is 865. The van der Waals surface area contributed by atoms with E-state index in [1.807, 2.05) is 13.8 Å². The van der Waals surface area contributed by atoms with Crippen molar-refractivity contribution in [1.29, 1.82) is 0 Å². The number of halogens is 4. The number of anilines is 1. The van der Waals surface area contributed by atoms with Crippen LogP contribution in [0, 0.1) is 0 Å². The molecule has 0 spiro atoms. The van der Waals surface area contributed by atoms with Crippen molar-refractivity contribution in [2.75, 3.05) is 11.9 Å². The van der Waals surface area contributed by atoms with Gasteiger partial charge in [-0.05, 0) is 36.6 Å². The van der Waals surface area contributed by atoms with Crippen LogP contribution in [0.4, 0.5) is 18.9 Å². The van der Waals surface area contributed by atoms with Gasteiger partial charge in [0.2, 0.25) is 0 Å². The Kier molecular flexibility index (Phi) is 7.48. The predicted molar refractivity (Wildman–Crippen MR) is 103 cm³/mol. The predicted octanol–water partition coefficient (Wildman–Crippen LogP) is 5.73. The molecule has 9 heteroatoms. The molecule has 0 saturated carbocycles. The van der Waals surface area contributed by atoms with Crippen LogP contribution < -0.4 is 5.32 Å². The van der Waals surface area contributed by atoms with Crippen LogP contribution in [-0.4, -0.2) is 18.5 Å². The van der Waals surface area contributed by atoms with Gasteiger partial charge in [0.05, 0.1) is 16.3 Å². The Morgan fingerprint density at radius 1 is 1.25 bits per heavy atom. The summed E-state index contributed by atoms with van der Waals surface area (Å²) in [6, 6.07) is 4.90. The second-order valence-electron chi connectivity index (χ2n) is 5.95. The Balaban J connectivity index is 2.05. The van der Waals surface area contributed by atoms with Crippen molar-refractivity contribution in [2.45, 2.75) is 39.3 Å². The van der Waals surface area contributed by atoms with Gasteiger partial charge >= 0.3 is 12.1 Å². The maximum atomic E-state index is 13.1. The van der Waals surface area contributed by atoms with Crippen LogP contribution in [0.3, 0.4) is 0 Å². The van der Waals surface area contributed by atoms with E-state index in [1.165, 1.54) is 17.4 Å². The number of rotatable bonds is 7. The molecule has 152 valence electrons. The molecule has 0 bridgehead atoms. The van der Waals surface area contributed by atoms with E-state index in [-0.39, 0.29) is 5.02 Å². The molecule has 0 saturated heterocycles. The summed E-state index contributed by atoms with van der Waals surface area (Å²) in [6.07, 6.45) is -2.14. The number of para-hydroxylation sites is 1. The molecule has 0 atom stereocenters. The fourth-order valence-electron chi connectivity index (χ4n) is 2.57. The Morgan fingerprint density at radius 3 is 2.57 bits per heavy atom. The number of amides is 1. The zero-order chi connectivity index (χ0) is 20.9. The molecule has 2 rings (SSSR count). The van der Waals surface area contributed by atoms with Crippen LogP contribution in [0.15, 0.2) is 24.3 Å². The first-order chi connectivity index (χ1) is 13.2. The van der Waals surface area contributed by atoms with E-state index in [4.69, 9.17) is 16.3 Å². The fraction of sp³-hybridized carbons (Fsp3) is 0.368. The van der Waals surface area contributed by atoms with Crippen molar-refractivity contribution >= 4 is 40.5 Å². The van der Waals surface area contributed by atoms with Gasteiger partial charge in [-0.1, -0.05) is 37.9 Å². The maximum absolute atomic E-state index is 13.1. The van der Waals surface area contributed by atoms with Crippen molar-refractivity contribution in [2.24, 2.45) is 0 Å². The molecule has 1 amide bonds. The number of carbonyl (C=O) groups is 2. The lowest BCUT2D eigenvalue weighted by atomic mass is 10.1. The number of benzene rings is 1. The van der Waals surface area contributed by atoms with E-state index in [2.05, 4.69) is 5.32 Å². The summed E-state index contributed by atoms with van der Waals surface area (Å²) >= 11 is 7.09. The SMILES string of the molecule is CCCc1sc(C(=O)OCC(=O)Nc2c(Cl)cccc2C(F)(F)F)cc1CC. The quantitative estimate of drug-likeness (QED) is 0.567. The molecule has 0 aliphatic heterocycles. The van der Waals surface area contributed by atoms with Crippen LogP contribution in [0.1, 0.15) is 45.9 Å². The number of aryl methyl sites for hydroxylation is 2. The van der Waals surface area contributed by atoms with Gasteiger partial charge in [-0.25, -0.2) is 4.79 Å². The number of hydrogen-bond acceptors (Lipinski definition) is 4. The van der Waals surface area contributed by atoms with E-state index in [0.717, 1.165) is 41.8 Å². The average Bonchev–Trinajstić information content (AvgIpc) is 3.04. The molecule has 0 unspecified atom stereocenters. The van der Waals surface area contributed by atoms with Gasteiger partial charge in [0.25, 0.3) is 5.91 Å². The number of thiophene rings is 1. The van der Waals surface area contributed by atoms with E-state index in [0.29, 0.717) is 4.88 Å². The molecule has 1 N–H and O–H groups in total. The highest BCUT2D eigenvalue weighted by molar-refractivity contribution is 7.14. The van der Waals surface area contributed by atoms with Crippen LogP contribution in [-0.2, 0) is 28.5 Å². The van der Waals surface area contributed by atoms with Crippen molar-refractivity contribution < 1.29 is 27.5 Å². The molecule has 0 aliphatic carbocycles. The second-order valence-corrected chi connectivity index (χ2v) is 7.49. The van der Waals surface area contributed by atoms with Crippen LogP contribution in [0.2, 0.25) is 5.02 Å². The lowest BCUT2D eigenvalue weighted by Crippen LogP contribution is -2.22. The van der Waals surface area contributed by atoms with Crippen LogP contribution in [0.25, 0.3) is 0 Å². The molecule has 1 aromatic heterocycles. The largest absolute Gasteiger partial charge is 0.451 e. The maximum Gasteiger partial charge on any atom is 0.418 e. The second kappa shape index (κ2) is 9.43. The topological polar surface area (TPSA) is 55.4 Å². The third-order valence-corrected chi connectivity index (χ3v) is 5.41. The molecule has 2 aromatic rings. The first-order valence-corrected chi connectivity index (χ1v) is 9.81. The summed E-state index contributed by atoms with van der Waals surface area (Å²) in [5.74, 6) is -1.60. The first kappa shape index (κ1) is 22.2. The molecule has 0 radical (unpaired) electrons. The van der Waals surface area contributed by atoms with Crippen molar-refractivity contribution in [1.82, 2.24) is 0 Å². The third kappa shape index (κ3) is 5.48. The smallest absolute Gasteiger partial charge is 0.418 e. The van der Waals surface area contributed by atoms with E-state index in [9.17, 15) is 22.8 Å². The van der Waals surface area contributed by atoms with E-state index in [1.54, 1.807) is 6.07 Å². The Morgan fingerprint density at radius 2 is 1.96 bits per heavy atom. The lowest BCUT2D eigenvalue weighted by molar-refractivity contribution is -0.137. The molecular weight excluding hydrogens is 415 g/mol. The molecular formula is C19H19ClF3NO3S. The summed E-state index contributed by atoms with van der Waals surface area (Å²) in [5, 5.41) is 1.82. The van der Waals surface area contributed by atoms with Crippen LogP contribution in [0.5, 0.6) is 0 Å². The number of esters is 1.